The van der Waals surface area contributed by atoms with Crippen molar-refractivity contribution in [3.63, 3.8) is 0 Å². The van der Waals surface area contributed by atoms with Gasteiger partial charge in [-0.1, -0.05) is 41.9 Å². The highest BCUT2D eigenvalue weighted by Crippen LogP contribution is 2.47. The van der Waals surface area contributed by atoms with Gasteiger partial charge in [0.05, 0.1) is 12.6 Å². The molecule has 2 aromatic rings. The molecule has 0 aromatic heterocycles. The Morgan fingerprint density at radius 1 is 1.14 bits per heavy atom. The molecule has 0 saturated carbocycles. The minimum atomic E-state index is -0.256. The summed E-state index contributed by atoms with van der Waals surface area (Å²) in [6.45, 7) is 2.22. The molecule has 2 aromatic carbocycles. The monoisotopic (exact) mass is 301 g/mol. The third-order valence-corrected chi connectivity index (χ3v) is 3.85. The van der Waals surface area contributed by atoms with Crippen molar-refractivity contribution >= 4 is 23.3 Å². The fraction of sp³-hybridized carbons (Fsp3) is 0.235. The van der Waals surface area contributed by atoms with Gasteiger partial charge in [-0.3, -0.25) is 0 Å². The molecule has 1 aliphatic heterocycles. The number of hydrogen-bond acceptors (Lipinski definition) is 3. The van der Waals surface area contributed by atoms with Crippen LogP contribution in [0.4, 0.5) is 5.69 Å². The Bertz CT molecular complexity index is 627. The van der Waals surface area contributed by atoms with E-state index in [0.29, 0.717) is 11.6 Å². The Labute approximate surface area is 129 Å². The maximum absolute atomic E-state index is 12.1. The maximum Gasteiger partial charge on any atom is 0.331 e. The van der Waals surface area contributed by atoms with E-state index in [1.54, 1.807) is 0 Å². The SMILES string of the molecule is CCOC(=O)[C@H]1[C@H](c2ccccc2)N1c1ccc(Cl)cc1. The van der Waals surface area contributed by atoms with Crippen molar-refractivity contribution in [2.75, 3.05) is 11.5 Å². The van der Waals surface area contributed by atoms with Crippen molar-refractivity contribution in [1.82, 2.24) is 0 Å². The molecule has 0 bridgehead atoms. The second-order valence-electron chi connectivity index (χ2n) is 4.94. The van der Waals surface area contributed by atoms with Gasteiger partial charge >= 0.3 is 5.97 Å². The maximum atomic E-state index is 12.1. The quantitative estimate of drug-likeness (QED) is 0.635. The van der Waals surface area contributed by atoms with Crippen LogP contribution in [0.3, 0.4) is 0 Å². The molecule has 2 atom stereocenters. The van der Waals surface area contributed by atoms with Crippen LogP contribution in [0, 0.1) is 0 Å². The van der Waals surface area contributed by atoms with E-state index >= 15 is 0 Å². The van der Waals surface area contributed by atoms with Crippen LogP contribution in [0.1, 0.15) is 18.5 Å². The summed E-state index contributed by atoms with van der Waals surface area (Å²) < 4.78 is 5.19. The predicted molar refractivity (Wildman–Crippen MR) is 83.5 cm³/mol. The molecule has 0 amide bonds. The lowest BCUT2D eigenvalue weighted by Gasteiger charge is -2.06. The standard InChI is InChI=1S/C17H16ClNO2/c1-2-21-17(20)16-15(12-6-4-3-5-7-12)19(16)14-10-8-13(18)9-11-14/h3-11,15-16H,2H2,1H3/t15-,16+,19?/m0/s1. The number of carbonyl (C=O) groups excluding carboxylic acids is 1. The summed E-state index contributed by atoms with van der Waals surface area (Å²) in [4.78, 5) is 14.2. The van der Waals surface area contributed by atoms with Crippen LogP contribution >= 0.6 is 11.6 Å². The molecule has 0 aliphatic carbocycles. The highest BCUT2D eigenvalue weighted by atomic mass is 35.5. The Morgan fingerprint density at radius 3 is 2.43 bits per heavy atom. The molecule has 0 radical (unpaired) electrons. The molecule has 1 heterocycles. The number of anilines is 1. The first-order valence-corrected chi connectivity index (χ1v) is 7.35. The van der Waals surface area contributed by atoms with Gasteiger partial charge in [0.1, 0.15) is 0 Å². The number of benzene rings is 2. The van der Waals surface area contributed by atoms with E-state index in [0.717, 1.165) is 11.3 Å². The van der Waals surface area contributed by atoms with E-state index in [1.807, 2.05) is 61.5 Å². The highest BCUT2D eigenvalue weighted by Gasteiger charge is 2.54. The minimum absolute atomic E-state index is 0.0337. The van der Waals surface area contributed by atoms with Crippen LogP contribution in [0.2, 0.25) is 5.02 Å². The van der Waals surface area contributed by atoms with Crippen molar-refractivity contribution in [1.29, 1.82) is 0 Å². The molecule has 108 valence electrons. The van der Waals surface area contributed by atoms with Crippen LogP contribution in [0.5, 0.6) is 0 Å². The van der Waals surface area contributed by atoms with Crippen LogP contribution in [-0.4, -0.2) is 18.6 Å². The topological polar surface area (TPSA) is 29.3 Å². The van der Waals surface area contributed by atoms with Crippen molar-refractivity contribution in [3.8, 4) is 0 Å². The summed E-state index contributed by atoms with van der Waals surface area (Å²) >= 11 is 5.93. The smallest absolute Gasteiger partial charge is 0.331 e. The number of nitrogens with zero attached hydrogens (tertiary/aromatic N) is 1. The fourth-order valence-electron chi connectivity index (χ4n) is 2.63. The molecular weight excluding hydrogens is 286 g/mol. The molecule has 4 heteroatoms. The summed E-state index contributed by atoms with van der Waals surface area (Å²) in [5.41, 5.74) is 2.09. The van der Waals surface area contributed by atoms with Gasteiger partial charge in [0.25, 0.3) is 0 Å². The molecule has 1 fully saturated rings. The van der Waals surface area contributed by atoms with Crippen molar-refractivity contribution in [2.24, 2.45) is 0 Å². The first-order valence-electron chi connectivity index (χ1n) is 6.98. The molecule has 3 nitrogen and oxygen atoms in total. The van der Waals surface area contributed by atoms with Gasteiger partial charge in [0, 0.05) is 10.7 Å². The van der Waals surface area contributed by atoms with Gasteiger partial charge in [-0.25, -0.2) is 4.79 Å². The molecule has 1 aliphatic rings. The second kappa shape index (κ2) is 5.78. The Kier molecular flexibility index (Phi) is 3.84. The van der Waals surface area contributed by atoms with E-state index in [9.17, 15) is 4.79 Å². The Morgan fingerprint density at radius 2 is 1.81 bits per heavy atom. The van der Waals surface area contributed by atoms with Crippen LogP contribution in [0.25, 0.3) is 0 Å². The lowest BCUT2D eigenvalue weighted by Crippen LogP contribution is -2.15. The van der Waals surface area contributed by atoms with E-state index in [4.69, 9.17) is 16.3 Å². The van der Waals surface area contributed by atoms with Crippen LogP contribution in [-0.2, 0) is 9.53 Å². The highest BCUT2D eigenvalue weighted by molar-refractivity contribution is 6.30. The number of halogens is 1. The van der Waals surface area contributed by atoms with Gasteiger partial charge in [-0.05, 0) is 36.8 Å². The van der Waals surface area contributed by atoms with Crippen molar-refractivity contribution in [2.45, 2.75) is 19.0 Å². The van der Waals surface area contributed by atoms with Crippen molar-refractivity contribution in [3.05, 3.63) is 65.2 Å². The van der Waals surface area contributed by atoms with E-state index < -0.39 is 0 Å². The largest absolute Gasteiger partial charge is 0.464 e. The average Bonchev–Trinajstić information content (AvgIpc) is 3.25. The molecule has 21 heavy (non-hydrogen) atoms. The van der Waals surface area contributed by atoms with E-state index in [-0.39, 0.29) is 18.1 Å². The number of carbonyl (C=O) groups is 1. The van der Waals surface area contributed by atoms with Crippen molar-refractivity contribution < 1.29 is 9.53 Å². The Balaban J connectivity index is 1.89. The van der Waals surface area contributed by atoms with Crippen LogP contribution in [0.15, 0.2) is 54.6 Å². The summed E-state index contributed by atoms with van der Waals surface area (Å²) in [6.07, 6.45) is 0. The zero-order chi connectivity index (χ0) is 14.8. The zero-order valence-corrected chi connectivity index (χ0v) is 12.5. The third kappa shape index (κ3) is 2.74. The molecule has 1 saturated heterocycles. The fourth-order valence-corrected chi connectivity index (χ4v) is 2.75. The Hall–Kier alpha value is -2.00. The number of ether oxygens (including phenoxy) is 1. The number of hydrogen-bond donors (Lipinski definition) is 0. The molecule has 0 unspecified atom stereocenters. The first-order chi connectivity index (χ1) is 10.2. The van der Waals surface area contributed by atoms with Gasteiger partial charge in [0.15, 0.2) is 6.04 Å². The zero-order valence-electron chi connectivity index (χ0n) is 11.7. The van der Waals surface area contributed by atoms with Gasteiger partial charge in [-0.2, -0.15) is 0 Å². The minimum Gasteiger partial charge on any atom is -0.464 e. The summed E-state index contributed by atoms with van der Waals surface area (Å²) in [7, 11) is 0. The van der Waals surface area contributed by atoms with Crippen LogP contribution < -0.4 is 4.90 Å². The van der Waals surface area contributed by atoms with Gasteiger partial charge in [-0.15, -0.1) is 0 Å². The van der Waals surface area contributed by atoms with Gasteiger partial charge < -0.3 is 9.64 Å². The average molecular weight is 302 g/mol. The molecule has 3 rings (SSSR count). The lowest BCUT2D eigenvalue weighted by molar-refractivity contribution is -0.142. The molecule has 0 N–H and O–H groups in total. The molecule has 0 spiro atoms. The summed E-state index contributed by atoms with van der Waals surface area (Å²) in [6, 6.07) is 17.3. The lowest BCUT2D eigenvalue weighted by atomic mass is 10.1. The summed E-state index contributed by atoms with van der Waals surface area (Å²) in [5, 5.41) is 0.685. The second-order valence-corrected chi connectivity index (χ2v) is 5.37. The molecular formula is C17H16ClNO2. The summed E-state index contributed by atoms with van der Waals surface area (Å²) in [5.74, 6) is -0.179. The van der Waals surface area contributed by atoms with Gasteiger partial charge in [0.2, 0.25) is 0 Å². The number of rotatable bonds is 4. The first kappa shape index (κ1) is 14.0. The van der Waals surface area contributed by atoms with E-state index in [2.05, 4.69) is 4.90 Å². The number of esters is 1. The normalized spacial score (nSPS) is 20.2. The predicted octanol–water partition coefficient (Wildman–Crippen LogP) is 3.83. The van der Waals surface area contributed by atoms with E-state index in [1.165, 1.54) is 0 Å². The third-order valence-electron chi connectivity index (χ3n) is 3.60.